The van der Waals surface area contributed by atoms with Gasteiger partial charge in [-0.1, -0.05) is 12.8 Å². The fraction of sp³-hybridized carbons (Fsp3) is 1.00. The zero-order valence-electron chi connectivity index (χ0n) is 11.1. The minimum absolute atomic E-state index is 0.0160. The van der Waals surface area contributed by atoms with Gasteiger partial charge in [-0.2, -0.15) is 0 Å². The average Bonchev–Trinajstić information content (AvgIpc) is 3.11. The maximum Gasteiger partial charge on any atom is 0.0774 e. The molecule has 0 aromatic carbocycles. The van der Waals surface area contributed by atoms with Gasteiger partial charge in [0.15, 0.2) is 0 Å². The molecule has 4 nitrogen and oxygen atoms in total. The number of hydrogen-bond donors (Lipinski definition) is 1. The molecule has 2 saturated heterocycles. The minimum Gasteiger partial charge on any atom is -0.391 e. The molecule has 2 unspecified atom stereocenters. The number of morpholine rings is 1. The van der Waals surface area contributed by atoms with Gasteiger partial charge in [0.2, 0.25) is 0 Å². The van der Waals surface area contributed by atoms with E-state index in [9.17, 15) is 5.11 Å². The summed E-state index contributed by atoms with van der Waals surface area (Å²) in [6, 6.07) is 0. The van der Waals surface area contributed by atoms with Crippen LogP contribution in [-0.2, 0) is 9.47 Å². The van der Waals surface area contributed by atoms with Crippen LogP contribution in [0.15, 0.2) is 0 Å². The summed E-state index contributed by atoms with van der Waals surface area (Å²) in [5.74, 6) is 0.339. The van der Waals surface area contributed by atoms with Crippen molar-refractivity contribution >= 4 is 0 Å². The Morgan fingerprint density at radius 3 is 2.39 bits per heavy atom. The van der Waals surface area contributed by atoms with E-state index in [2.05, 4.69) is 4.90 Å². The smallest absolute Gasteiger partial charge is 0.0774 e. The predicted octanol–water partition coefficient (Wildman–Crippen LogP) is 1.03. The first-order valence-corrected chi connectivity index (χ1v) is 7.41. The third-order valence-corrected chi connectivity index (χ3v) is 5.07. The van der Waals surface area contributed by atoms with E-state index in [1.807, 2.05) is 0 Å². The molecule has 0 radical (unpaired) electrons. The summed E-state index contributed by atoms with van der Waals surface area (Å²) < 4.78 is 10.9. The van der Waals surface area contributed by atoms with E-state index in [4.69, 9.17) is 9.47 Å². The van der Waals surface area contributed by atoms with Crippen LogP contribution in [0.5, 0.6) is 0 Å². The first-order valence-electron chi connectivity index (χ1n) is 7.41. The van der Waals surface area contributed by atoms with Gasteiger partial charge in [-0.15, -0.1) is 0 Å². The molecule has 1 aliphatic carbocycles. The Bertz CT molecular complexity index is 266. The number of nitrogens with zero attached hydrogens (tertiary/aromatic N) is 1. The van der Waals surface area contributed by atoms with Crippen LogP contribution in [0.25, 0.3) is 0 Å². The number of rotatable bonds is 3. The zero-order chi connectivity index (χ0) is 12.4. The molecular formula is C14H25NO3. The summed E-state index contributed by atoms with van der Waals surface area (Å²) >= 11 is 0. The monoisotopic (exact) mass is 255 g/mol. The van der Waals surface area contributed by atoms with Gasteiger partial charge < -0.3 is 14.6 Å². The van der Waals surface area contributed by atoms with Crippen molar-refractivity contribution in [3.63, 3.8) is 0 Å². The molecule has 0 aromatic rings. The van der Waals surface area contributed by atoms with E-state index in [0.29, 0.717) is 5.92 Å². The second-order valence-corrected chi connectivity index (χ2v) is 5.98. The molecule has 2 atom stereocenters. The van der Waals surface area contributed by atoms with Crippen LogP contribution in [0.1, 0.15) is 32.1 Å². The van der Waals surface area contributed by atoms with Gasteiger partial charge >= 0.3 is 0 Å². The van der Waals surface area contributed by atoms with Crippen molar-refractivity contribution in [2.45, 2.75) is 43.7 Å². The molecule has 104 valence electrons. The van der Waals surface area contributed by atoms with Crippen molar-refractivity contribution in [1.82, 2.24) is 4.90 Å². The number of aliphatic hydroxyl groups excluding tert-OH is 1. The second kappa shape index (κ2) is 5.45. The highest BCUT2D eigenvalue weighted by Gasteiger charge is 2.48. The lowest BCUT2D eigenvalue weighted by atomic mass is 9.80. The van der Waals surface area contributed by atoms with Crippen LogP contribution in [0, 0.1) is 5.92 Å². The fourth-order valence-electron chi connectivity index (χ4n) is 4.04. The van der Waals surface area contributed by atoms with Crippen LogP contribution in [0.4, 0.5) is 0 Å². The average molecular weight is 255 g/mol. The topological polar surface area (TPSA) is 41.9 Å². The van der Waals surface area contributed by atoms with E-state index in [-0.39, 0.29) is 11.6 Å². The van der Waals surface area contributed by atoms with E-state index in [1.165, 1.54) is 12.8 Å². The van der Waals surface area contributed by atoms with Crippen molar-refractivity contribution < 1.29 is 14.6 Å². The van der Waals surface area contributed by atoms with Crippen LogP contribution in [0.3, 0.4) is 0 Å². The molecular weight excluding hydrogens is 230 g/mol. The van der Waals surface area contributed by atoms with Crippen molar-refractivity contribution in [2.75, 3.05) is 39.5 Å². The van der Waals surface area contributed by atoms with E-state index in [0.717, 1.165) is 58.8 Å². The molecule has 0 aromatic heterocycles. The number of hydrogen-bond acceptors (Lipinski definition) is 4. The second-order valence-electron chi connectivity index (χ2n) is 5.98. The van der Waals surface area contributed by atoms with Crippen molar-refractivity contribution in [1.29, 1.82) is 0 Å². The summed E-state index contributed by atoms with van der Waals surface area (Å²) in [6.07, 6.45) is 5.59. The third-order valence-electron chi connectivity index (χ3n) is 5.07. The lowest BCUT2D eigenvalue weighted by Gasteiger charge is -2.47. The van der Waals surface area contributed by atoms with Crippen molar-refractivity contribution in [3.05, 3.63) is 0 Å². The van der Waals surface area contributed by atoms with E-state index in [1.54, 1.807) is 0 Å². The molecule has 0 amide bonds. The fourth-order valence-corrected chi connectivity index (χ4v) is 4.04. The molecule has 4 heteroatoms. The Kier molecular flexibility index (Phi) is 3.89. The van der Waals surface area contributed by atoms with E-state index >= 15 is 0 Å². The molecule has 3 aliphatic rings. The minimum atomic E-state index is -0.222. The van der Waals surface area contributed by atoms with Crippen LogP contribution in [-0.4, -0.2) is 61.2 Å². The predicted molar refractivity (Wildman–Crippen MR) is 68.5 cm³/mol. The largest absolute Gasteiger partial charge is 0.391 e. The SMILES string of the molecule is OC(C1CCOC1)C1(N2CCOCC2)CCCC1. The van der Waals surface area contributed by atoms with E-state index < -0.39 is 0 Å². The Labute approximate surface area is 109 Å². The third kappa shape index (κ3) is 2.20. The Morgan fingerprint density at radius 2 is 1.78 bits per heavy atom. The zero-order valence-corrected chi connectivity index (χ0v) is 11.1. The molecule has 18 heavy (non-hydrogen) atoms. The molecule has 0 bridgehead atoms. The molecule has 2 aliphatic heterocycles. The van der Waals surface area contributed by atoms with Crippen LogP contribution >= 0.6 is 0 Å². The Morgan fingerprint density at radius 1 is 1.06 bits per heavy atom. The summed E-state index contributed by atoms with van der Waals surface area (Å²) in [5, 5.41) is 10.9. The quantitative estimate of drug-likeness (QED) is 0.818. The molecule has 0 spiro atoms. The Hall–Kier alpha value is -0.160. The van der Waals surface area contributed by atoms with Gasteiger partial charge in [0.05, 0.1) is 25.9 Å². The van der Waals surface area contributed by atoms with Crippen molar-refractivity contribution in [2.24, 2.45) is 5.92 Å². The number of ether oxygens (including phenoxy) is 2. The lowest BCUT2D eigenvalue weighted by Crippen LogP contribution is -2.60. The molecule has 3 rings (SSSR count). The van der Waals surface area contributed by atoms with Gasteiger partial charge in [0.25, 0.3) is 0 Å². The highest BCUT2D eigenvalue weighted by atomic mass is 16.5. The lowest BCUT2D eigenvalue weighted by molar-refractivity contribution is -0.0944. The first-order chi connectivity index (χ1) is 8.83. The summed E-state index contributed by atoms with van der Waals surface area (Å²) in [6.45, 7) is 5.15. The van der Waals surface area contributed by atoms with Gasteiger partial charge in [0, 0.05) is 31.2 Å². The highest BCUT2D eigenvalue weighted by Crippen LogP contribution is 2.42. The molecule has 2 heterocycles. The maximum absolute atomic E-state index is 10.9. The van der Waals surface area contributed by atoms with Gasteiger partial charge in [0.1, 0.15) is 0 Å². The van der Waals surface area contributed by atoms with Crippen molar-refractivity contribution in [3.8, 4) is 0 Å². The van der Waals surface area contributed by atoms with Crippen LogP contribution < -0.4 is 0 Å². The molecule has 1 saturated carbocycles. The van der Waals surface area contributed by atoms with Crippen LogP contribution in [0.2, 0.25) is 0 Å². The summed E-state index contributed by atoms with van der Waals surface area (Å²) in [5.41, 5.74) is 0.0160. The highest BCUT2D eigenvalue weighted by molar-refractivity contribution is 5.03. The Balaban J connectivity index is 1.76. The summed E-state index contributed by atoms with van der Waals surface area (Å²) in [4.78, 5) is 2.51. The molecule has 3 fully saturated rings. The summed E-state index contributed by atoms with van der Waals surface area (Å²) in [7, 11) is 0. The van der Waals surface area contributed by atoms with Gasteiger partial charge in [-0.05, 0) is 19.3 Å². The van der Waals surface area contributed by atoms with Gasteiger partial charge in [-0.25, -0.2) is 0 Å². The maximum atomic E-state index is 10.9. The normalized spacial score (nSPS) is 34.8. The first kappa shape index (κ1) is 12.9. The van der Waals surface area contributed by atoms with Gasteiger partial charge in [-0.3, -0.25) is 4.90 Å². The standard InChI is InChI=1S/C14H25NO3/c16-13(12-3-8-18-11-12)14(4-1-2-5-14)15-6-9-17-10-7-15/h12-13,16H,1-11H2. The molecule has 1 N–H and O–H groups in total. The number of aliphatic hydroxyl groups is 1.